The third-order valence-electron chi connectivity index (χ3n) is 9.32. The van der Waals surface area contributed by atoms with Gasteiger partial charge in [-0.15, -0.1) is 11.3 Å². The molecule has 16 nitrogen and oxygen atoms in total. The van der Waals surface area contributed by atoms with Crippen molar-refractivity contribution in [3.63, 3.8) is 0 Å². The molecule has 284 valence electrons. The summed E-state index contributed by atoms with van der Waals surface area (Å²) < 4.78 is 0. The SMILES string of the molecule is CC(C)C[C@@H]1NC(=O)CN(C(=O)[C@@H]2CCC(=O)N2)CCN(C)C(=O)[C@H](C)NC(=O)CN(C)C(=O)[C@@H](Cc2c[nH]c3ccccc23)NC(=O)c2csc1n2. The number of amides is 7. The summed E-state index contributed by atoms with van der Waals surface area (Å²) in [5.41, 5.74) is 1.70. The lowest BCUT2D eigenvalue weighted by Gasteiger charge is -2.29. The van der Waals surface area contributed by atoms with Crippen molar-refractivity contribution in [2.45, 2.75) is 70.6 Å². The Kier molecular flexibility index (Phi) is 12.5. The van der Waals surface area contributed by atoms with Gasteiger partial charge in [-0.05, 0) is 37.3 Å². The fraction of sp³-hybridized carbons (Fsp3) is 0.500. The van der Waals surface area contributed by atoms with Crippen LogP contribution < -0.4 is 21.3 Å². The molecule has 5 rings (SSSR count). The molecule has 2 aliphatic rings. The van der Waals surface area contributed by atoms with Crippen LogP contribution in [0.5, 0.6) is 0 Å². The van der Waals surface area contributed by atoms with Crippen molar-refractivity contribution in [2.75, 3.05) is 40.3 Å². The second-order valence-electron chi connectivity index (χ2n) is 14.1. The molecule has 17 heteroatoms. The van der Waals surface area contributed by atoms with Gasteiger partial charge in [0.05, 0.1) is 19.1 Å². The average Bonchev–Trinajstić information content (AvgIpc) is 3.88. The molecule has 0 spiro atoms. The van der Waals surface area contributed by atoms with E-state index in [9.17, 15) is 33.6 Å². The van der Waals surface area contributed by atoms with E-state index in [-0.39, 0.29) is 63.0 Å². The first-order valence-electron chi connectivity index (χ1n) is 17.7. The Morgan fingerprint density at radius 1 is 0.887 bits per heavy atom. The number of benzene rings is 1. The van der Waals surface area contributed by atoms with Gasteiger partial charge in [0.25, 0.3) is 5.91 Å². The number of hydrogen-bond acceptors (Lipinski definition) is 9. The number of carbonyl (C=O) groups excluding carboxylic acids is 7. The topological polar surface area (TPSA) is 206 Å². The minimum Gasteiger partial charge on any atom is -0.361 e. The number of para-hydroxylation sites is 1. The number of likely N-dealkylation sites (N-methyl/N-ethyl adjacent to an activating group) is 2. The van der Waals surface area contributed by atoms with E-state index in [2.05, 4.69) is 31.2 Å². The molecule has 0 radical (unpaired) electrons. The van der Waals surface area contributed by atoms with E-state index in [1.165, 1.54) is 47.1 Å². The zero-order valence-electron chi connectivity index (χ0n) is 30.6. The first-order valence-corrected chi connectivity index (χ1v) is 18.6. The Balaban J connectivity index is 1.45. The normalized spacial score (nSPS) is 23.1. The molecular formula is C36H47N9O7S. The van der Waals surface area contributed by atoms with Gasteiger partial charge < -0.3 is 41.0 Å². The quantitative estimate of drug-likeness (QED) is 0.251. The molecule has 0 saturated carbocycles. The number of thiazole rings is 1. The number of aromatic amines is 1. The Morgan fingerprint density at radius 2 is 1.62 bits per heavy atom. The predicted octanol–water partition coefficient (Wildman–Crippen LogP) is 0.711. The number of rotatable bonds is 5. The van der Waals surface area contributed by atoms with Gasteiger partial charge in [-0.3, -0.25) is 33.6 Å². The monoisotopic (exact) mass is 749 g/mol. The van der Waals surface area contributed by atoms with Crippen LogP contribution in [-0.2, 0) is 35.2 Å². The van der Waals surface area contributed by atoms with Crippen molar-refractivity contribution < 1.29 is 33.6 Å². The lowest BCUT2D eigenvalue weighted by atomic mass is 10.0. The van der Waals surface area contributed by atoms with Crippen molar-refractivity contribution in [2.24, 2.45) is 5.92 Å². The van der Waals surface area contributed by atoms with Crippen molar-refractivity contribution in [3.05, 3.63) is 52.1 Å². The van der Waals surface area contributed by atoms with Crippen molar-refractivity contribution >= 4 is 63.6 Å². The summed E-state index contributed by atoms with van der Waals surface area (Å²) in [5, 5.41) is 14.0. The number of fused-ring (bicyclic) bond motifs is 3. The molecule has 1 saturated heterocycles. The van der Waals surface area contributed by atoms with E-state index in [0.29, 0.717) is 11.4 Å². The first-order chi connectivity index (χ1) is 25.2. The molecule has 53 heavy (non-hydrogen) atoms. The first kappa shape index (κ1) is 38.9. The molecule has 2 aromatic heterocycles. The fourth-order valence-corrected chi connectivity index (χ4v) is 7.38. The zero-order chi connectivity index (χ0) is 38.4. The lowest BCUT2D eigenvalue weighted by molar-refractivity contribution is -0.140. The van der Waals surface area contributed by atoms with Crippen LogP contribution in [-0.4, -0.2) is 124 Å². The molecule has 1 fully saturated rings. The van der Waals surface area contributed by atoms with Gasteiger partial charge in [0.1, 0.15) is 28.8 Å². The fourth-order valence-electron chi connectivity index (χ4n) is 6.52. The number of nitrogens with zero attached hydrogens (tertiary/aromatic N) is 4. The Bertz CT molecular complexity index is 1870. The van der Waals surface area contributed by atoms with Crippen LogP contribution in [0.2, 0.25) is 0 Å². The van der Waals surface area contributed by atoms with Crippen LogP contribution in [0, 0.1) is 5.92 Å². The molecule has 4 heterocycles. The summed E-state index contributed by atoms with van der Waals surface area (Å²) in [4.78, 5) is 105. The van der Waals surface area contributed by atoms with Crippen LogP contribution in [0.4, 0.5) is 0 Å². The van der Waals surface area contributed by atoms with E-state index in [4.69, 9.17) is 0 Å². The van der Waals surface area contributed by atoms with Crippen LogP contribution in [0.1, 0.15) is 67.1 Å². The van der Waals surface area contributed by atoms with Crippen molar-refractivity contribution in [3.8, 4) is 0 Å². The van der Waals surface area contributed by atoms with Gasteiger partial charge in [-0.25, -0.2) is 4.98 Å². The minimum atomic E-state index is -1.08. The van der Waals surface area contributed by atoms with Crippen LogP contribution in [0.15, 0.2) is 35.8 Å². The smallest absolute Gasteiger partial charge is 0.271 e. The summed E-state index contributed by atoms with van der Waals surface area (Å²) in [5.74, 6) is -3.25. The van der Waals surface area contributed by atoms with Gasteiger partial charge in [0, 0.05) is 62.5 Å². The maximum atomic E-state index is 13.9. The van der Waals surface area contributed by atoms with E-state index < -0.39 is 59.6 Å². The second kappa shape index (κ2) is 17.0. The maximum absolute atomic E-state index is 13.9. The zero-order valence-corrected chi connectivity index (χ0v) is 31.4. The standard InChI is InChI=1S/C36H47N9O7S/c1-20(2)14-26-33-42-28(19-53-33)32(49)41-27(15-22-16-37-24-9-7-6-8-23(22)24)35(51)44(5)17-30(47)38-21(3)34(50)43(4)12-13-45(18-31(48)40-26)36(52)25-10-11-29(46)39-25/h6-9,16,19-21,25-27,37H,10-15,17-18H2,1-5H3,(H,38,47)(H,39,46)(H,40,48)(H,41,49)/t21-,25-,26-,27+/m0/s1. The van der Waals surface area contributed by atoms with E-state index in [1.807, 2.05) is 38.1 Å². The Hall–Kier alpha value is -5.32. The number of carbonyl (C=O) groups is 7. The van der Waals surface area contributed by atoms with Gasteiger partial charge in [0.2, 0.25) is 35.4 Å². The summed E-state index contributed by atoms with van der Waals surface area (Å²) in [7, 11) is 2.97. The van der Waals surface area contributed by atoms with Crippen LogP contribution >= 0.6 is 11.3 Å². The molecule has 2 aliphatic heterocycles. The largest absolute Gasteiger partial charge is 0.361 e. The minimum absolute atomic E-state index is 0.0208. The molecule has 0 unspecified atom stereocenters. The Labute approximate surface area is 311 Å². The second-order valence-corrected chi connectivity index (χ2v) is 15.0. The van der Waals surface area contributed by atoms with E-state index >= 15 is 0 Å². The van der Waals surface area contributed by atoms with Gasteiger partial charge in [-0.1, -0.05) is 32.0 Å². The molecule has 5 N–H and O–H groups in total. The molecule has 7 amide bonds. The molecule has 2 bridgehead atoms. The number of aromatic nitrogens is 2. The highest BCUT2D eigenvalue weighted by Crippen LogP contribution is 2.26. The summed E-state index contributed by atoms with van der Waals surface area (Å²) in [6.45, 7) is 4.75. The highest BCUT2D eigenvalue weighted by Gasteiger charge is 2.34. The third-order valence-corrected chi connectivity index (χ3v) is 10.3. The van der Waals surface area contributed by atoms with Gasteiger partial charge in [0.15, 0.2) is 0 Å². The summed E-state index contributed by atoms with van der Waals surface area (Å²) in [6.07, 6.45) is 2.84. The molecule has 0 aliphatic carbocycles. The number of nitrogens with one attached hydrogen (secondary N) is 5. The van der Waals surface area contributed by atoms with E-state index in [0.717, 1.165) is 16.5 Å². The third kappa shape index (κ3) is 9.77. The molecule has 4 atom stereocenters. The van der Waals surface area contributed by atoms with Crippen molar-refractivity contribution in [1.82, 2.24) is 45.9 Å². The number of H-pyrrole nitrogens is 1. The average molecular weight is 750 g/mol. The highest BCUT2D eigenvalue weighted by molar-refractivity contribution is 7.09. The highest BCUT2D eigenvalue weighted by atomic mass is 32.1. The molecule has 3 aromatic rings. The van der Waals surface area contributed by atoms with Crippen LogP contribution in [0.25, 0.3) is 10.9 Å². The molecule has 1 aromatic carbocycles. The number of hydrogen-bond donors (Lipinski definition) is 5. The predicted molar refractivity (Wildman–Crippen MR) is 196 cm³/mol. The van der Waals surface area contributed by atoms with E-state index in [1.54, 1.807) is 11.6 Å². The van der Waals surface area contributed by atoms with Crippen LogP contribution in [0.3, 0.4) is 0 Å². The maximum Gasteiger partial charge on any atom is 0.271 e. The van der Waals surface area contributed by atoms with Crippen molar-refractivity contribution in [1.29, 1.82) is 0 Å². The lowest BCUT2D eigenvalue weighted by Crippen LogP contribution is -2.53. The molecular weight excluding hydrogens is 703 g/mol. The van der Waals surface area contributed by atoms with Gasteiger partial charge in [-0.2, -0.15) is 0 Å². The van der Waals surface area contributed by atoms with Gasteiger partial charge >= 0.3 is 0 Å². The summed E-state index contributed by atoms with van der Waals surface area (Å²) >= 11 is 1.19. The summed E-state index contributed by atoms with van der Waals surface area (Å²) in [6, 6.07) is 4.12. The Morgan fingerprint density at radius 3 is 2.34 bits per heavy atom.